The average Bonchev–Trinajstić information content (AvgIpc) is 3.09. The highest BCUT2D eigenvalue weighted by Gasteiger charge is 2.23. The van der Waals surface area contributed by atoms with Crippen LogP contribution < -0.4 is 16.6 Å². The maximum Gasteiger partial charge on any atom is 0.266 e. The minimum Gasteiger partial charge on any atom is -0.382 e. The highest BCUT2D eigenvalue weighted by Crippen LogP contribution is 2.29. The van der Waals surface area contributed by atoms with Crippen LogP contribution in [0.2, 0.25) is 0 Å². The van der Waals surface area contributed by atoms with Gasteiger partial charge in [-0.05, 0) is 31.5 Å². The van der Waals surface area contributed by atoms with Crippen molar-refractivity contribution in [3.8, 4) is 17.2 Å². The van der Waals surface area contributed by atoms with Crippen LogP contribution in [0.5, 0.6) is 0 Å². The van der Waals surface area contributed by atoms with E-state index in [2.05, 4.69) is 20.3 Å². The fourth-order valence-electron chi connectivity index (χ4n) is 3.22. The SMILES string of the molecule is Cc1csc2nc(C(C)Nc3ncnc(N)c3C#N)c(-c3cccc(F)c3)c(=O)n12. The van der Waals surface area contributed by atoms with E-state index in [0.29, 0.717) is 16.2 Å². The summed E-state index contributed by atoms with van der Waals surface area (Å²) in [5, 5.41) is 14.3. The Kier molecular flexibility index (Phi) is 4.89. The molecular weight excluding hydrogens is 405 g/mol. The van der Waals surface area contributed by atoms with Crippen molar-refractivity contribution in [3.63, 3.8) is 0 Å². The molecule has 1 aromatic carbocycles. The Bertz CT molecular complexity index is 1370. The number of nitrogen functional groups attached to an aromatic ring is 1. The van der Waals surface area contributed by atoms with Gasteiger partial charge in [-0.2, -0.15) is 5.26 Å². The number of nitrogens with one attached hydrogen (secondary N) is 1. The predicted octanol–water partition coefficient (Wildman–Crippen LogP) is 3.29. The van der Waals surface area contributed by atoms with Crippen LogP contribution >= 0.6 is 11.3 Å². The molecule has 8 nitrogen and oxygen atoms in total. The first kappa shape index (κ1) is 19.5. The van der Waals surface area contributed by atoms with Gasteiger partial charge < -0.3 is 11.1 Å². The minimum atomic E-state index is -0.537. The maximum atomic E-state index is 13.9. The standard InChI is InChI=1S/C20H16FN7OS/c1-10-8-30-20-27-16(11(2)26-18-14(7-22)17(23)24-9-25-18)15(19(29)28(10)20)12-4-3-5-13(21)6-12/h3-6,8-9,11H,1-2H3,(H3,23,24,25,26). The molecule has 10 heteroatoms. The van der Waals surface area contributed by atoms with E-state index >= 15 is 0 Å². The molecule has 4 rings (SSSR count). The Morgan fingerprint density at radius 1 is 1.37 bits per heavy atom. The molecule has 0 radical (unpaired) electrons. The Hall–Kier alpha value is -3.84. The van der Waals surface area contributed by atoms with Crippen LogP contribution in [0.3, 0.4) is 0 Å². The monoisotopic (exact) mass is 421 g/mol. The third-order valence-electron chi connectivity index (χ3n) is 4.63. The van der Waals surface area contributed by atoms with Gasteiger partial charge >= 0.3 is 0 Å². The molecule has 0 fully saturated rings. The van der Waals surface area contributed by atoms with Gasteiger partial charge in [-0.15, -0.1) is 11.3 Å². The van der Waals surface area contributed by atoms with E-state index in [9.17, 15) is 14.4 Å². The number of nitrogens with zero attached hydrogens (tertiary/aromatic N) is 5. The molecule has 150 valence electrons. The van der Waals surface area contributed by atoms with Gasteiger partial charge in [0.05, 0.1) is 17.3 Å². The molecule has 3 aromatic heterocycles. The lowest BCUT2D eigenvalue weighted by Crippen LogP contribution is -2.23. The first-order chi connectivity index (χ1) is 14.4. The summed E-state index contributed by atoms with van der Waals surface area (Å²) in [4.78, 5) is 26.5. The largest absolute Gasteiger partial charge is 0.382 e. The summed E-state index contributed by atoms with van der Waals surface area (Å²) in [7, 11) is 0. The summed E-state index contributed by atoms with van der Waals surface area (Å²) < 4.78 is 15.4. The summed E-state index contributed by atoms with van der Waals surface area (Å²) in [6.45, 7) is 3.59. The van der Waals surface area contributed by atoms with Gasteiger partial charge in [0.2, 0.25) is 0 Å². The van der Waals surface area contributed by atoms with E-state index in [-0.39, 0.29) is 28.3 Å². The van der Waals surface area contributed by atoms with Crippen molar-refractivity contribution in [2.24, 2.45) is 0 Å². The quantitative estimate of drug-likeness (QED) is 0.518. The Labute approximate surface area is 174 Å². The fraction of sp³-hybridized carbons (Fsp3) is 0.150. The molecule has 30 heavy (non-hydrogen) atoms. The highest BCUT2D eigenvalue weighted by atomic mass is 32.1. The molecule has 1 atom stereocenters. The summed E-state index contributed by atoms with van der Waals surface area (Å²) in [6.07, 6.45) is 1.24. The van der Waals surface area contributed by atoms with E-state index < -0.39 is 11.9 Å². The lowest BCUT2D eigenvalue weighted by atomic mass is 10.0. The van der Waals surface area contributed by atoms with Crippen molar-refractivity contribution in [1.82, 2.24) is 19.4 Å². The topological polar surface area (TPSA) is 122 Å². The van der Waals surface area contributed by atoms with Gasteiger partial charge in [0.1, 0.15) is 35.4 Å². The smallest absolute Gasteiger partial charge is 0.266 e. The molecule has 0 aliphatic carbocycles. The average molecular weight is 421 g/mol. The lowest BCUT2D eigenvalue weighted by molar-refractivity contribution is 0.628. The fourth-order valence-corrected chi connectivity index (χ4v) is 4.08. The Balaban J connectivity index is 1.92. The summed E-state index contributed by atoms with van der Waals surface area (Å²) in [5.41, 5.74) is 7.41. The zero-order valence-corrected chi connectivity index (χ0v) is 16.9. The van der Waals surface area contributed by atoms with Gasteiger partial charge in [0, 0.05) is 11.1 Å². The summed E-state index contributed by atoms with van der Waals surface area (Å²) in [5.74, 6) is -0.182. The van der Waals surface area contributed by atoms with Gasteiger partial charge in [0.25, 0.3) is 5.56 Å². The number of anilines is 2. The number of thiazole rings is 1. The van der Waals surface area contributed by atoms with Gasteiger partial charge in [-0.3, -0.25) is 9.20 Å². The minimum absolute atomic E-state index is 0.0462. The zero-order chi connectivity index (χ0) is 21.4. The second kappa shape index (κ2) is 7.53. The van der Waals surface area contributed by atoms with Crippen LogP contribution in [0.15, 0.2) is 40.8 Å². The third-order valence-corrected chi connectivity index (χ3v) is 5.58. The molecule has 0 saturated carbocycles. The Morgan fingerprint density at radius 3 is 2.90 bits per heavy atom. The zero-order valence-electron chi connectivity index (χ0n) is 16.0. The first-order valence-corrected chi connectivity index (χ1v) is 9.82. The second-order valence-corrected chi connectivity index (χ2v) is 7.48. The maximum absolute atomic E-state index is 13.9. The number of benzene rings is 1. The van der Waals surface area contributed by atoms with Crippen LogP contribution in [0.25, 0.3) is 16.1 Å². The van der Waals surface area contributed by atoms with Crippen molar-refractivity contribution in [1.29, 1.82) is 5.26 Å². The molecule has 0 spiro atoms. The molecule has 0 aliphatic rings. The number of nitriles is 1. The summed E-state index contributed by atoms with van der Waals surface area (Å²) >= 11 is 1.34. The molecule has 1 unspecified atom stereocenters. The van der Waals surface area contributed by atoms with Crippen molar-refractivity contribution in [3.05, 3.63) is 69.1 Å². The predicted molar refractivity (Wildman–Crippen MR) is 113 cm³/mol. The van der Waals surface area contributed by atoms with Crippen LogP contribution in [0.1, 0.15) is 29.9 Å². The molecule has 0 bridgehead atoms. The van der Waals surface area contributed by atoms with Crippen molar-refractivity contribution in [2.75, 3.05) is 11.1 Å². The molecule has 4 aromatic rings. The Morgan fingerprint density at radius 2 is 2.17 bits per heavy atom. The van der Waals surface area contributed by atoms with Crippen LogP contribution in [0.4, 0.5) is 16.0 Å². The van der Waals surface area contributed by atoms with Gasteiger partial charge in [-0.1, -0.05) is 12.1 Å². The van der Waals surface area contributed by atoms with Crippen LogP contribution in [0, 0.1) is 24.1 Å². The first-order valence-electron chi connectivity index (χ1n) is 8.94. The molecule has 3 heterocycles. The third kappa shape index (κ3) is 3.25. The number of hydrogen-bond donors (Lipinski definition) is 2. The van der Waals surface area contributed by atoms with Gasteiger partial charge in [0.15, 0.2) is 4.96 Å². The number of rotatable bonds is 4. The highest BCUT2D eigenvalue weighted by molar-refractivity contribution is 7.15. The van der Waals surface area contributed by atoms with Crippen molar-refractivity contribution in [2.45, 2.75) is 19.9 Å². The number of aromatic nitrogens is 4. The van der Waals surface area contributed by atoms with E-state index in [1.165, 1.54) is 34.2 Å². The molecular formula is C20H16FN7OS. The van der Waals surface area contributed by atoms with Gasteiger partial charge in [-0.25, -0.2) is 19.3 Å². The number of nitrogens with two attached hydrogens (primary N) is 1. The van der Waals surface area contributed by atoms with Crippen LogP contribution in [-0.4, -0.2) is 19.4 Å². The lowest BCUT2D eigenvalue weighted by Gasteiger charge is -2.18. The molecule has 0 amide bonds. The van der Waals surface area contributed by atoms with Crippen LogP contribution in [-0.2, 0) is 0 Å². The second-order valence-electron chi connectivity index (χ2n) is 6.64. The molecule has 3 N–H and O–H groups in total. The van der Waals surface area contributed by atoms with E-state index in [0.717, 1.165) is 5.69 Å². The number of aryl methyl sites for hydroxylation is 1. The molecule has 0 aliphatic heterocycles. The molecule has 0 saturated heterocycles. The number of fused-ring (bicyclic) bond motifs is 1. The number of halogens is 1. The van der Waals surface area contributed by atoms with Crippen molar-refractivity contribution < 1.29 is 4.39 Å². The number of hydrogen-bond acceptors (Lipinski definition) is 8. The summed E-state index contributed by atoms with van der Waals surface area (Å²) in [6, 6.07) is 7.25. The van der Waals surface area contributed by atoms with E-state index in [4.69, 9.17) is 5.73 Å². The van der Waals surface area contributed by atoms with E-state index in [1.54, 1.807) is 19.1 Å². The van der Waals surface area contributed by atoms with Crippen molar-refractivity contribution >= 4 is 27.9 Å². The van der Waals surface area contributed by atoms with E-state index in [1.807, 2.05) is 18.4 Å². The normalized spacial score (nSPS) is 11.9.